The molecule has 0 aromatic rings. The number of piperazine rings is 1. The highest BCUT2D eigenvalue weighted by atomic mass is 15.3. The average molecular weight is 254 g/mol. The first-order chi connectivity index (χ1) is 8.40. The zero-order valence-electron chi connectivity index (χ0n) is 13.4. The molecule has 0 aromatic heterocycles. The normalized spacial score (nSPS) is 26.8. The van der Waals surface area contributed by atoms with Crippen LogP contribution < -0.4 is 5.32 Å². The molecule has 0 spiro atoms. The van der Waals surface area contributed by atoms with Gasteiger partial charge in [0.2, 0.25) is 0 Å². The summed E-state index contributed by atoms with van der Waals surface area (Å²) in [6, 6.07) is 1.40. The lowest BCUT2D eigenvalue weighted by Gasteiger charge is -2.49. The maximum absolute atomic E-state index is 3.75. The Labute approximate surface area is 115 Å². The second-order valence-corrected chi connectivity index (χ2v) is 7.01. The van der Waals surface area contributed by atoms with E-state index in [1.807, 2.05) is 0 Å². The predicted molar refractivity (Wildman–Crippen MR) is 81.0 cm³/mol. The van der Waals surface area contributed by atoms with Crippen molar-refractivity contribution in [1.82, 2.24) is 10.2 Å². The van der Waals surface area contributed by atoms with E-state index in [-0.39, 0.29) is 0 Å². The molecule has 1 N–H and O–H groups in total. The Balaban J connectivity index is 2.69. The van der Waals surface area contributed by atoms with Crippen LogP contribution in [0.15, 0.2) is 0 Å². The van der Waals surface area contributed by atoms with Crippen molar-refractivity contribution in [3.63, 3.8) is 0 Å². The Bertz CT molecular complexity index is 235. The Hall–Kier alpha value is -0.0800. The molecule has 2 atom stereocenters. The Kier molecular flexibility index (Phi) is 6.13. The van der Waals surface area contributed by atoms with Gasteiger partial charge in [0.05, 0.1) is 0 Å². The molecule has 0 amide bonds. The fourth-order valence-corrected chi connectivity index (χ4v) is 3.45. The molecule has 0 aliphatic carbocycles. The van der Waals surface area contributed by atoms with Crippen LogP contribution in [-0.4, -0.2) is 35.6 Å². The maximum Gasteiger partial charge on any atom is 0.0224 e. The van der Waals surface area contributed by atoms with E-state index in [2.05, 4.69) is 51.8 Å². The molecule has 1 heterocycles. The van der Waals surface area contributed by atoms with Gasteiger partial charge in [-0.05, 0) is 39.0 Å². The van der Waals surface area contributed by atoms with E-state index in [1.165, 1.54) is 38.8 Å². The second-order valence-electron chi connectivity index (χ2n) is 7.01. The fourth-order valence-electron chi connectivity index (χ4n) is 3.45. The first-order valence-electron chi connectivity index (χ1n) is 7.90. The third-order valence-corrected chi connectivity index (χ3v) is 4.37. The van der Waals surface area contributed by atoms with Gasteiger partial charge in [-0.15, -0.1) is 0 Å². The molecule has 0 saturated carbocycles. The molecule has 108 valence electrons. The van der Waals surface area contributed by atoms with E-state index in [9.17, 15) is 0 Å². The molecular formula is C16H34N2. The first kappa shape index (κ1) is 16.0. The Morgan fingerprint density at radius 1 is 1.28 bits per heavy atom. The van der Waals surface area contributed by atoms with Crippen molar-refractivity contribution in [1.29, 1.82) is 0 Å². The molecule has 0 radical (unpaired) electrons. The first-order valence-corrected chi connectivity index (χ1v) is 7.90. The number of hydrogen-bond acceptors (Lipinski definition) is 2. The highest BCUT2D eigenvalue weighted by molar-refractivity contribution is 4.93. The number of nitrogens with one attached hydrogen (secondary N) is 1. The summed E-state index contributed by atoms with van der Waals surface area (Å²) in [4.78, 5) is 2.78. The van der Waals surface area contributed by atoms with Gasteiger partial charge in [-0.1, -0.05) is 34.1 Å². The van der Waals surface area contributed by atoms with Crippen LogP contribution in [-0.2, 0) is 0 Å². The van der Waals surface area contributed by atoms with Crippen molar-refractivity contribution in [2.24, 2.45) is 5.92 Å². The van der Waals surface area contributed by atoms with Crippen molar-refractivity contribution in [3.05, 3.63) is 0 Å². The van der Waals surface area contributed by atoms with Crippen molar-refractivity contribution in [2.45, 2.75) is 84.8 Å². The minimum absolute atomic E-state index is 0.354. The molecule has 1 saturated heterocycles. The number of hydrogen-bond donors (Lipinski definition) is 1. The van der Waals surface area contributed by atoms with E-state index in [4.69, 9.17) is 0 Å². The van der Waals surface area contributed by atoms with Crippen molar-refractivity contribution >= 4 is 0 Å². The van der Waals surface area contributed by atoms with Gasteiger partial charge in [0, 0.05) is 30.7 Å². The minimum Gasteiger partial charge on any atom is -0.311 e. The fraction of sp³-hybridized carbons (Fsp3) is 1.00. The van der Waals surface area contributed by atoms with Crippen molar-refractivity contribution in [3.8, 4) is 0 Å². The van der Waals surface area contributed by atoms with E-state index in [1.54, 1.807) is 0 Å². The third-order valence-electron chi connectivity index (χ3n) is 4.37. The van der Waals surface area contributed by atoms with Gasteiger partial charge in [0.1, 0.15) is 0 Å². The quantitative estimate of drug-likeness (QED) is 0.778. The molecule has 2 nitrogen and oxygen atoms in total. The molecule has 1 rings (SSSR count). The lowest BCUT2D eigenvalue weighted by atomic mass is 9.90. The van der Waals surface area contributed by atoms with Crippen LogP contribution in [0.1, 0.15) is 67.2 Å². The molecular weight excluding hydrogens is 220 g/mol. The average Bonchev–Trinajstić information content (AvgIpc) is 2.28. The van der Waals surface area contributed by atoms with Crippen LogP contribution >= 0.6 is 0 Å². The molecule has 0 aromatic carbocycles. The topological polar surface area (TPSA) is 15.3 Å². The molecule has 1 aliphatic rings. The van der Waals surface area contributed by atoms with Gasteiger partial charge >= 0.3 is 0 Å². The lowest BCUT2D eigenvalue weighted by molar-refractivity contribution is 0.0197. The third kappa shape index (κ3) is 4.24. The summed E-state index contributed by atoms with van der Waals surface area (Å²) in [5, 5.41) is 3.75. The monoisotopic (exact) mass is 254 g/mol. The molecule has 18 heavy (non-hydrogen) atoms. The van der Waals surface area contributed by atoms with Gasteiger partial charge in [0.15, 0.2) is 0 Å². The van der Waals surface area contributed by atoms with Gasteiger partial charge in [-0.3, -0.25) is 4.90 Å². The summed E-state index contributed by atoms with van der Waals surface area (Å²) in [5.41, 5.74) is 0.354. The highest BCUT2D eigenvalue weighted by Crippen LogP contribution is 2.27. The lowest BCUT2D eigenvalue weighted by Crippen LogP contribution is -2.62. The summed E-state index contributed by atoms with van der Waals surface area (Å²) in [6.45, 7) is 16.5. The zero-order chi connectivity index (χ0) is 13.8. The van der Waals surface area contributed by atoms with Crippen molar-refractivity contribution in [2.75, 3.05) is 13.1 Å². The van der Waals surface area contributed by atoms with Crippen LogP contribution in [0.3, 0.4) is 0 Å². The molecule has 2 unspecified atom stereocenters. The summed E-state index contributed by atoms with van der Waals surface area (Å²) in [7, 11) is 0. The highest BCUT2D eigenvalue weighted by Gasteiger charge is 2.35. The standard InChI is InChI=1S/C16H34N2/c1-7-9-16(5,6)18-12-14(10-13(3)4)17-11-15(18)8-2/h13-15,17H,7-12H2,1-6H3. The van der Waals surface area contributed by atoms with Gasteiger partial charge in [-0.2, -0.15) is 0 Å². The summed E-state index contributed by atoms with van der Waals surface area (Å²) >= 11 is 0. The van der Waals surface area contributed by atoms with Crippen molar-refractivity contribution < 1.29 is 0 Å². The van der Waals surface area contributed by atoms with Gasteiger partial charge in [-0.25, -0.2) is 0 Å². The summed E-state index contributed by atoms with van der Waals surface area (Å²) in [6.07, 6.45) is 5.14. The largest absolute Gasteiger partial charge is 0.311 e. The second kappa shape index (κ2) is 6.91. The smallest absolute Gasteiger partial charge is 0.0224 e. The van der Waals surface area contributed by atoms with Crippen LogP contribution in [0.4, 0.5) is 0 Å². The van der Waals surface area contributed by atoms with Crippen LogP contribution in [0.5, 0.6) is 0 Å². The SMILES string of the molecule is CCCC(C)(C)N1CC(CC(C)C)NCC1CC. The summed E-state index contributed by atoms with van der Waals surface area (Å²) in [5.74, 6) is 0.789. The number of rotatable bonds is 6. The van der Waals surface area contributed by atoms with Crippen LogP contribution in [0.25, 0.3) is 0 Å². The molecule has 1 fully saturated rings. The van der Waals surface area contributed by atoms with Crippen LogP contribution in [0, 0.1) is 5.92 Å². The number of nitrogens with zero attached hydrogens (tertiary/aromatic N) is 1. The molecule has 2 heteroatoms. The van der Waals surface area contributed by atoms with Gasteiger partial charge in [0.25, 0.3) is 0 Å². The van der Waals surface area contributed by atoms with E-state index in [0.29, 0.717) is 11.6 Å². The zero-order valence-corrected chi connectivity index (χ0v) is 13.4. The molecule has 1 aliphatic heterocycles. The minimum atomic E-state index is 0.354. The Morgan fingerprint density at radius 3 is 2.44 bits per heavy atom. The van der Waals surface area contributed by atoms with E-state index in [0.717, 1.165) is 12.0 Å². The summed E-state index contributed by atoms with van der Waals surface area (Å²) < 4.78 is 0. The van der Waals surface area contributed by atoms with E-state index >= 15 is 0 Å². The molecule has 0 bridgehead atoms. The van der Waals surface area contributed by atoms with Gasteiger partial charge < -0.3 is 5.32 Å². The maximum atomic E-state index is 3.75. The van der Waals surface area contributed by atoms with Crippen LogP contribution in [0.2, 0.25) is 0 Å². The van der Waals surface area contributed by atoms with E-state index < -0.39 is 0 Å². The Morgan fingerprint density at radius 2 is 1.94 bits per heavy atom. The predicted octanol–water partition coefficient (Wildman–Crippen LogP) is 3.66.